The lowest BCUT2D eigenvalue weighted by Crippen LogP contribution is -2.48. The van der Waals surface area contributed by atoms with E-state index in [4.69, 9.17) is 4.74 Å². The van der Waals surface area contributed by atoms with E-state index in [9.17, 15) is 14.0 Å². The van der Waals surface area contributed by atoms with E-state index in [1.54, 1.807) is 18.2 Å². The van der Waals surface area contributed by atoms with Crippen LogP contribution < -0.4 is 15.4 Å². The summed E-state index contributed by atoms with van der Waals surface area (Å²) >= 11 is 0. The molecule has 1 atom stereocenters. The first kappa shape index (κ1) is 19.7. The van der Waals surface area contributed by atoms with Crippen LogP contribution in [0.5, 0.6) is 5.75 Å². The molecule has 132 valence electrons. The molecule has 1 aromatic rings. The van der Waals surface area contributed by atoms with Crippen LogP contribution in [0.3, 0.4) is 0 Å². The molecule has 5 nitrogen and oxygen atoms in total. The van der Waals surface area contributed by atoms with E-state index in [0.717, 1.165) is 6.08 Å². The van der Waals surface area contributed by atoms with Gasteiger partial charge in [-0.05, 0) is 23.6 Å². The van der Waals surface area contributed by atoms with Crippen LogP contribution in [0, 0.1) is 11.2 Å². The Morgan fingerprint density at radius 3 is 2.58 bits per heavy atom. The van der Waals surface area contributed by atoms with Crippen molar-refractivity contribution in [3.63, 3.8) is 0 Å². The Morgan fingerprint density at radius 1 is 1.33 bits per heavy atom. The zero-order valence-electron chi connectivity index (χ0n) is 14.4. The van der Waals surface area contributed by atoms with Crippen LogP contribution in [-0.2, 0) is 9.59 Å². The smallest absolute Gasteiger partial charge is 0.243 e. The number of carbonyl (C=O) groups is 2. The molecule has 0 spiro atoms. The van der Waals surface area contributed by atoms with E-state index in [-0.39, 0.29) is 48.6 Å². The predicted octanol–water partition coefficient (Wildman–Crippen LogP) is 2.43. The Labute approximate surface area is 142 Å². The third kappa shape index (κ3) is 6.81. The van der Waals surface area contributed by atoms with E-state index in [2.05, 4.69) is 17.2 Å². The van der Waals surface area contributed by atoms with Gasteiger partial charge < -0.3 is 15.4 Å². The lowest BCUT2D eigenvalue weighted by Gasteiger charge is -2.31. The van der Waals surface area contributed by atoms with Crippen molar-refractivity contribution < 1.29 is 18.7 Å². The first-order valence-corrected chi connectivity index (χ1v) is 7.81. The number of rotatable bonds is 8. The highest BCUT2D eigenvalue weighted by molar-refractivity contribution is 5.87. The van der Waals surface area contributed by atoms with E-state index >= 15 is 0 Å². The Kier molecular flexibility index (Phi) is 7.42. The number of amides is 2. The Hall–Kier alpha value is -2.37. The summed E-state index contributed by atoms with van der Waals surface area (Å²) < 4.78 is 19.1. The molecule has 0 radical (unpaired) electrons. The van der Waals surface area contributed by atoms with Gasteiger partial charge in [-0.25, -0.2) is 4.39 Å². The third-order valence-corrected chi connectivity index (χ3v) is 3.46. The molecule has 0 bridgehead atoms. The minimum atomic E-state index is -0.441. The zero-order chi connectivity index (χ0) is 18.2. The number of benzene rings is 1. The average molecular weight is 336 g/mol. The molecule has 6 heteroatoms. The molecule has 0 saturated heterocycles. The number of ether oxygens (including phenoxy) is 1. The van der Waals surface area contributed by atoms with Gasteiger partial charge in [-0.2, -0.15) is 0 Å². The third-order valence-electron chi connectivity index (χ3n) is 3.46. The predicted molar refractivity (Wildman–Crippen MR) is 91.1 cm³/mol. The van der Waals surface area contributed by atoms with Gasteiger partial charge in [0.25, 0.3) is 0 Å². The maximum atomic E-state index is 13.6. The van der Waals surface area contributed by atoms with Crippen LogP contribution in [0.4, 0.5) is 4.39 Å². The summed E-state index contributed by atoms with van der Waals surface area (Å²) in [6, 6.07) is 5.83. The van der Waals surface area contributed by atoms with Crippen molar-refractivity contribution >= 4 is 11.8 Å². The number of halogens is 1. The highest BCUT2D eigenvalue weighted by Gasteiger charge is 2.27. The number of nitrogens with one attached hydrogen (secondary N) is 2. The van der Waals surface area contributed by atoms with Crippen LogP contribution in [0.25, 0.3) is 0 Å². The molecule has 0 aliphatic heterocycles. The maximum absolute atomic E-state index is 13.6. The summed E-state index contributed by atoms with van der Waals surface area (Å²) in [6.07, 6.45) is 1.30. The Morgan fingerprint density at radius 2 is 2.00 bits per heavy atom. The second-order valence-corrected chi connectivity index (χ2v) is 6.47. The summed E-state index contributed by atoms with van der Waals surface area (Å²) in [7, 11) is 0. The number of hydrogen-bond donors (Lipinski definition) is 2. The number of hydrogen-bond acceptors (Lipinski definition) is 3. The topological polar surface area (TPSA) is 67.4 Å². The summed E-state index contributed by atoms with van der Waals surface area (Å²) in [4.78, 5) is 23.1. The van der Waals surface area contributed by atoms with Gasteiger partial charge in [-0.3, -0.25) is 9.59 Å². The first-order valence-electron chi connectivity index (χ1n) is 7.81. The summed E-state index contributed by atoms with van der Waals surface area (Å²) in [5.41, 5.74) is -0.273. The second kappa shape index (κ2) is 9.05. The van der Waals surface area contributed by atoms with E-state index in [1.807, 2.05) is 20.8 Å². The molecule has 0 fully saturated rings. The molecule has 0 saturated carbocycles. The van der Waals surface area contributed by atoms with Gasteiger partial charge in [0.2, 0.25) is 11.8 Å². The van der Waals surface area contributed by atoms with Gasteiger partial charge in [0.1, 0.15) is 6.61 Å². The van der Waals surface area contributed by atoms with Crippen LogP contribution in [0.15, 0.2) is 36.9 Å². The summed E-state index contributed by atoms with van der Waals surface area (Å²) in [5, 5.41) is 5.42. The monoisotopic (exact) mass is 336 g/mol. The zero-order valence-corrected chi connectivity index (χ0v) is 14.4. The minimum Gasteiger partial charge on any atom is -0.488 e. The van der Waals surface area contributed by atoms with Crippen molar-refractivity contribution in [1.29, 1.82) is 0 Å². The van der Waals surface area contributed by atoms with E-state index in [1.165, 1.54) is 6.07 Å². The van der Waals surface area contributed by atoms with Crippen LogP contribution >= 0.6 is 0 Å². The molecule has 1 unspecified atom stereocenters. The molecule has 2 N–H and O–H groups in total. The lowest BCUT2D eigenvalue weighted by atomic mass is 9.87. The molecule has 0 aliphatic rings. The van der Waals surface area contributed by atoms with Crippen LogP contribution in [-0.4, -0.2) is 31.0 Å². The largest absolute Gasteiger partial charge is 0.488 e. The van der Waals surface area contributed by atoms with Gasteiger partial charge in [-0.1, -0.05) is 39.5 Å². The highest BCUT2D eigenvalue weighted by atomic mass is 19.1. The Balaban J connectivity index is 2.56. The van der Waals surface area contributed by atoms with Crippen molar-refractivity contribution in [2.75, 3.05) is 13.2 Å². The normalized spacial score (nSPS) is 12.2. The minimum absolute atomic E-state index is 0.145. The molecule has 0 aromatic heterocycles. The molecule has 1 aromatic carbocycles. The van der Waals surface area contributed by atoms with E-state index < -0.39 is 5.82 Å². The standard InChI is InChI=1S/C18H25FN2O3/c1-5-16(22)20-11-10-17(23)21-15(18(2,3)4)12-24-14-9-7-6-8-13(14)19/h5-9,15H,1,10-12H2,2-4H3,(H,20,22)(H,21,23). The van der Waals surface area contributed by atoms with Gasteiger partial charge in [0, 0.05) is 13.0 Å². The average Bonchev–Trinajstić information content (AvgIpc) is 2.51. The fourth-order valence-electron chi connectivity index (χ4n) is 1.88. The number of para-hydroxylation sites is 1. The fourth-order valence-corrected chi connectivity index (χ4v) is 1.88. The summed E-state index contributed by atoms with van der Waals surface area (Å²) in [5.74, 6) is -0.822. The summed E-state index contributed by atoms with van der Waals surface area (Å²) in [6.45, 7) is 9.59. The molecular weight excluding hydrogens is 311 g/mol. The molecule has 1 rings (SSSR count). The lowest BCUT2D eigenvalue weighted by molar-refractivity contribution is -0.123. The molecular formula is C18H25FN2O3. The van der Waals surface area contributed by atoms with Crippen molar-refractivity contribution in [2.24, 2.45) is 5.41 Å². The quantitative estimate of drug-likeness (QED) is 0.717. The fraction of sp³-hybridized carbons (Fsp3) is 0.444. The van der Waals surface area contributed by atoms with Crippen LogP contribution in [0.2, 0.25) is 0 Å². The molecule has 2 amide bonds. The second-order valence-electron chi connectivity index (χ2n) is 6.47. The molecule has 24 heavy (non-hydrogen) atoms. The molecule has 0 aliphatic carbocycles. The van der Waals surface area contributed by atoms with Gasteiger partial charge in [0.15, 0.2) is 11.6 Å². The van der Waals surface area contributed by atoms with Gasteiger partial charge in [0.05, 0.1) is 6.04 Å². The van der Waals surface area contributed by atoms with Crippen molar-refractivity contribution in [1.82, 2.24) is 10.6 Å². The highest BCUT2D eigenvalue weighted by Crippen LogP contribution is 2.22. The van der Waals surface area contributed by atoms with Gasteiger partial charge >= 0.3 is 0 Å². The molecule has 0 heterocycles. The van der Waals surface area contributed by atoms with Crippen molar-refractivity contribution in [3.8, 4) is 5.75 Å². The first-order chi connectivity index (χ1) is 11.2. The number of carbonyl (C=O) groups excluding carboxylic acids is 2. The Bertz CT molecular complexity index is 582. The van der Waals surface area contributed by atoms with E-state index in [0.29, 0.717) is 0 Å². The van der Waals surface area contributed by atoms with Crippen molar-refractivity contribution in [3.05, 3.63) is 42.7 Å². The van der Waals surface area contributed by atoms with Crippen LogP contribution in [0.1, 0.15) is 27.2 Å². The van der Waals surface area contributed by atoms with Crippen molar-refractivity contribution in [2.45, 2.75) is 33.2 Å². The van der Waals surface area contributed by atoms with Gasteiger partial charge in [-0.15, -0.1) is 0 Å². The maximum Gasteiger partial charge on any atom is 0.243 e. The SMILES string of the molecule is C=CC(=O)NCCC(=O)NC(COc1ccccc1F)C(C)(C)C.